The summed E-state index contributed by atoms with van der Waals surface area (Å²) in [7, 11) is 0. The Morgan fingerprint density at radius 3 is 2.75 bits per heavy atom. The van der Waals surface area contributed by atoms with Gasteiger partial charge in [-0.05, 0) is 37.4 Å². The van der Waals surface area contributed by atoms with E-state index in [1.54, 1.807) is 24.5 Å². The van der Waals surface area contributed by atoms with Crippen LogP contribution < -0.4 is 11.1 Å². The van der Waals surface area contributed by atoms with Crippen molar-refractivity contribution in [3.63, 3.8) is 0 Å². The Hall–Kier alpha value is -1.42. The number of nitrogens with zero attached hydrogens (tertiary/aromatic N) is 1. The van der Waals surface area contributed by atoms with Gasteiger partial charge in [-0.2, -0.15) is 0 Å². The van der Waals surface area contributed by atoms with Crippen molar-refractivity contribution in [2.75, 3.05) is 11.9 Å². The number of hydrogen-bond donors (Lipinski definition) is 2. The summed E-state index contributed by atoms with van der Waals surface area (Å²) in [5.41, 5.74) is 6.25. The van der Waals surface area contributed by atoms with Crippen LogP contribution in [0.2, 0.25) is 0 Å². The van der Waals surface area contributed by atoms with Gasteiger partial charge in [0.05, 0.1) is 0 Å². The summed E-state index contributed by atoms with van der Waals surface area (Å²) in [6.45, 7) is 2.81. The molecule has 0 aromatic carbocycles. The van der Waals surface area contributed by atoms with E-state index >= 15 is 0 Å². The fourth-order valence-corrected chi connectivity index (χ4v) is 1.47. The van der Waals surface area contributed by atoms with Crippen molar-refractivity contribution in [2.24, 2.45) is 11.7 Å². The number of carbonyl (C=O) groups is 1. The number of pyridine rings is 1. The average molecular weight is 221 g/mol. The van der Waals surface area contributed by atoms with Crippen molar-refractivity contribution in [3.05, 3.63) is 24.5 Å². The SMILES string of the molecule is CC(CCN)CCC(=O)Nc1ccncc1. The molecule has 1 unspecified atom stereocenters. The molecule has 0 saturated heterocycles. The molecule has 0 aliphatic rings. The van der Waals surface area contributed by atoms with Crippen molar-refractivity contribution < 1.29 is 4.79 Å². The van der Waals surface area contributed by atoms with Crippen LogP contribution in [-0.2, 0) is 4.79 Å². The number of nitrogens with two attached hydrogens (primary N) is 1. The summed E-state index contributed by atoms with van der Waals surface area (Å²) in [5.74, 6) is 0.559. The number of amides is 1. The highest BCUT2D eigenvalue weighted by molar-refractivity contribution is 5.90. The quantitative estimate of drug-likeness (QED) is 0.769. The lowest BCUT2D eigenvalue weighted by atomic mass is 10.0. The molecule has 1 atom stereocenters. The van der Waals surface area contributed by atoms with Crippen molar-refractivity contribution in [2.45, 2.75) is 26.2 Å². The van der Waals surface area contributed by atoms with E-state index in [2.05, 4.69) is 17.2 Å². The largest absolute Gasteiger partial charge is 0.330 e. The summed E-state index contributed by atoms with van der Waals surface area (Å²) in [5, 5.41) is 2.83. The number of rotatable bonds is 6. The van der Waals surface area contributed by atoms with E-state index in [1.807, 2.05) is 0 Å². The van der Waals surface area contributed by atoms with Crippen molar-refractivity contribution in [1.82, 2.24) is 4.98 Å². The van der Waals surface area contributed by atoms with Gasteiger partial charge in [-0.1, -0.05) is 6.92 Å². The van der Waals surface area contributed by atoms with Crippen LogP contribution in [0.25, 0.3) is 0 Å². The van der Waals surface area contributed by atoms with E-state index < -0.39 is 0 Å². The van der Waals surface area contributed by atoms with Crippen LogP contribution in [-0.4, -0.2) is 17.4 Å². The lowest BCUT2D eigenvalue weighted by Crippen LogP contribution is -2.14. The Balaban J connectivity index is 2.26. The maximum absolute atomic E-state index is 11.6. The van der Waals surface area contributed by atoms with Gasteiger partial charge >= 0.3 is 0 Å². The zero-order valence-electron chi connectivity index (χ0n) is 9.65. The minimum absolute atomic E-state index is 0.0510. The summed E-state index contributed by atoms with van der Waals surface area (Å²) >= 11 is 0. The van der Waals surface area contributed by atoms with E-state index in [1.165, 1.54) is 0 Å². The second kappa shape index (κ2) is 6.95. The molecule has 0 saturated carbocycles. The van der Waals surface area contributed by atoms with E-state index in [0.717, 1.165) is 18.5 Å². The third kappa shape index (κ3) is 4.89. The van der Waals surface area contributed by atoms with E-state index in [-0.39, 0.29) is 5.91 Å². The molecule has 1 heterocycles. The molecule has 88 valence electrons. The third-order valence-corrected chi connectivity index (χ3v) is 2.49. The van der Waals surface area contributed by atoms with Gasteiger partial charge in [-0.25, -0.2) is 0 Å². The van der Waals surface area contributed by atoms with Gasteiger partial charge in [0, 0.05) is 24.5 Å². The molecule has 3 N–H and O–H groups in total. The average Bonchev–Trinajstić information content (AvgIpc) is 2.28. The molecule has 1 rings (SSSR count). The van der Waals surface area contributed by atoms with E-state index in [9.17, 15) is 4.79 Å². The number of carbonyl (C=O) groups excluding carboxylic acids is 1. The monoisotopic (exact) mass is 221 g/mol. The summed E-state index contributed by atoms with van der Waals surface area (Å²) < 4.78 is 0. The zero-order valence-corrected chi connectivity index (χ0v) is 9.65. The highest BCUT2D eigenvalue weighted by Gasteiger charge is 2.06. The van der Waals surface area contributed by atoms with Crippen molar-refractivity contribution >= 4 is 11.6 Å². The molecular formula is C12H19N3O. The highest BCUT2D eigenvalue weighted by atomic mass is 16.1. The summed E-state index contributed by atoms with van der Waals surface area (Å²) in [6.07, 6.45) is 5.72. The first-order chi connectivity index (χ1) is 7.72. The van der Waals surface area contributed by atoms with Crippen molar-refractivity contribution in [3.8, 4) is 0 Å². The normalized spacial score (nSPS) is 12.1. The Labute approximate surface area is 96.3 Å². The molecule has 4 nitrogen and oxygen atoms in total. The smallest absolute Gasteiger partial charge is 0.224 e. The predicted molar refractivity (Wildman–Crippen MR) is 64.9 cm³/mol. The van der Waals surface area contributed by atoms with E-state index in [0.29, 0.717) is 18.9 Å². The van der Waals surface area contributed by atoms with Gasteiger partial charge in [0.15, 0.2) is 0 Å². The van der Waals surface area contributed by atoms with Crippen LogP contribution in [0, 0.1) is 5.92 Å². The van der Waals surface area contributed by atoms with Crippen LogP contribution >= 0.6 is 0 Å². The fourth-order valence-electron chi connectivity index (χ4n) is 1.47. The first kappa shape index (κ1) is 12.6. The molecule has 0 aliphatic carbocycles. The fraction of sp³-hybridized carbons (Fsp3) is 0.500. The second-order valence-corrected chi connectivity index (χ2v) is 4.01. The van der Waals surface area contributed by atoms with Crippen LogP contribution in [0.15, 0.2) is 24.5 Å². The van der Waals surface area contributed by atoms with Gasteiger partial charge in [-0.15, -0.1) is 0 Å². The van der Waals surface area contributed by atoms with Crippen LogP contribution in [0.1, 0.15) is 26.2 Å². The minimum atomic E-state index is 0.0510. The van der Waals surface area contributed by atoms with Crippen LogP contribution in [0.4, 0.5) is 5.69 Å². The summed E-state index contributed by atoms with van der Waals surface area (Å²) in [6, 6.07) is 3.56. The van der Waals surface area contributed by atoms with Gasteiger partial charge in [0.1, 0.15) is 0 Å². The summed E-state index contributed by atoms with van der Waals surface area (Å²) in [4.78, 5) is 15.4. The molecule has 16 heavy (non-hydrogen) atoms. The second-order valence-electron chi connectivity index (χ2n) is 4.01. The van der Waals surface area contributed by atoms with Gasteiger partial charge in [0.2, 0.25) is 5.91 Å². The topological polar surface area (TPSA) is 68.0 Å². The molecule has 0 fully saturated rings. The van der Waals surface area contributed by atoms with Gasteiger partial charge in [0.25, 0.3) is 0 Å². The van der Waals surface area contributed by atoms with Crippen LogP contribution in [0.3, 0.4) is 0 Å². The van der Waals surface area contributed by atoms with Gasteiger partial charge in [-0.3, -0.25) is 9.78 Å². The highest BCUT2D eigenvalue weighted by Crippen LogP contribution is 2.11. The molecule has 1 aromatic rings. The van der Waals surface area contributed by atoms with E-state index in [4.69, 9.17) is 5.73 Å². The maximum atomic E-state index is 11.6. The molecular weight excluding hydrogens is 202 g/mol. The molecule has 0 aliphatic heterocycles. The first-order valence-electron chi connectivity index (χ1n) is 5.62. The lowest BCUT2D eigenvalue weighted by Gasteiger charge is -2.09. The predicted octanol–water partition coefficient (Wildman–Crippen LogP) is 1.79. The van der Waals surface area contributed by atoms with Crippen molar-refractivity contribution in [1.29, 1.82) is 0 Å². The lowest BCUT2D eigenvalue weighted by molar-refractivity contribution is -0.116. The van der Waals surface area contributed by atoms with Gasteiger partial charge < -0.3 is 11.1 Å². The Bertz CT molecular complexity index is 313. The minimum Gasteiger partial charge on any atom is -0.330 e. The zero-order chi connectivity index (χ0) is 11.8. The third-order valence-electron chi connectivity index (χ3n) is 2.49. The number of anilines is 1. The number of hydrogen-bond acceptors (Lipinski definition) is 3. The molecule has 1 aromatic heterocycles. The Kier molecular flexibility index (Phi) is 5.50. The van der Waals surface area contributed by atoms with Crippen LogP contribution in [0.5, 0.6) is 0 Å². The molecule has 0 radical (unpaired) electrons. The number of aromatic nitrogens is 1. The molecule has 4 heteroatoms. The first-order valence-corrected chi connectivity index (χ1v) is 5.62. The standard InChI is InChI=1S/C12H19N3O/c1-10(4-7-13)2-3-12(16)15-11-5-8-14-9-6-11/h5-6,8-10H,2-4,7,13H2,1H3,(H,14,15,16). The maximum Gasteiger partial charge on any atom is 0.224 e. The Morgan fingerprint density at radius 1 is 1.44 bits per heavy atom. The molecule has 1 amide bonds. The Morgan fingerprint density at radius 2 is 2.12 bits per heavy atom. The molecule has 0 spiro atoms. The molecule has 0 bridgehead atoms. The number of nitrogens with one attached hydrogen (secondary N) is 1.